The Balaban J connectivity index is 1.79. The Morgan fingerprint density at radius 2 is 1.73 bits per heavy atom. The van der Waals surface area contributed by atoms with Crippen LogP contribution < -0.4 is 10.1 Å². The number of anilines is 1. The monoisotopic (exact) mass is 559 g/mol. The average Bonchev–Trinajstić information content (AvgIpc) is 2.85. The zero-order chi connectivity index (χ0) is 26.9. The molecule has 0 saturated carbocycles. The fraction of sp³-hybridized carbons (Fsp3) is 0.0800. The number of aromatic hydroxyl groups is 1. The molecule has 0 heterocycles. The largest absolute Gasteiger partial charge is 0.505 e. The van der Waals surface area contributed by atoms with E-state index in [2.05, 4.69) is 15.5 Å². The van der Waals surface area contributed by atoms with Gasteiger partial charge in [-0.2, -0.15) is 13.5 Å². The first kappa shape index (κ1) is 26.4. The second-order valence-corrected chi connectivity index (χ2v) is 10.1. The molecular weight excluding hydrogens is 541 g/mol. The number of nitrogens with zero attached hydrogens (tertiary/aromatic N) is 2. The molecular formula is C25H19Cl2N3O6S. The number of phenolic OH excluding ortho intramolecular Hbond substituents is 1. The molecule has 0 saturated heterocycles. The fourth-order valence-corrected chi connectivity index (χ4v) is 4.83. The van der Waals surface area contributed by atoms with E-state index in [1.165, 1.54) is 32.2 Å². The maximum atomic E-state index is 13.1. The van der Waals surface area contributed by atoms with Crippen molar-refractivity contribution in [2.75, 3.05) is 12.4 Å². The van der Waals surface area contributed by atoms with Gasteiger partial charge in [0.15, 0.2) is 5.75 Å². The zero-order valence-electron chi connectivity index (χ0n) is 19.4. The van der Waals surface area contributed by atoms with Gasteiger partial charge in [0.1, 0.15) is 16.3 Å². The molecule has 0 aliphatic heterocycles. The minimum absolute atomic E-state index is 0.00609. The van der Waals surface area contributed by atoms with Crippen LogP contribution in [0, 0.1) is 6.92 Å². The van der Waals surface area contributed by atoms with Gasteiger partial charge >= 0.3 is 0 Å². The van der Waals surface area contributed by atoms with Crippen molar-refractivity contribution in [2.45, 2.75) is 11.8 Å². The van der Waals surface area contributed by atoms with Crippen molar-refractivity contribution in [3.05, 3.63) is 81.8 Å². The molecule has 1 amide bonds. The fourth-order valence-electron chi connectivity index (χ4n) is 3.58. The number of azo groups is 1. The molecule has 37 heavy (non-hydrogen) atoms. The van der Waals surface area contributed by atoms with Crippen molar-refractivity contribution >= 4 is 67.1 Å². The third-order valence-electron chi connectivity index (χ3n) is 5.49. The highest BCUT2D eigenvalue weighted by atomic mass is 35.5. The molecule has 4 aromatic carbocycles. The van der Waals surface area contributed by atoms with E-state index in [4.69, 9.17) is 27.9 Å². The van der Waals surface area contributed by atoms with E-state index in [0.717, 1.165) is 6.07 Å². The van der Waals surface area contributed by atoms with Crippen molar-refractivity contribution in [2.24, 2.45) is 10.2 Å². The standard InChI is InChI=1S/C25H19Cl2N3O6S/c1-13-19(26)10-15(11-22(13)37(33,34)35)29-30-23-17-6-4-3-5-14(17)9-18(24(23)31)25(32)28-21-8-7-16(36-2)12-20(21)27/h3-12,31H,1-2H3,(H,28,32)(H,33,34,35). The molecule has 0 bridgehead atoms. The van der Waals surface area contributed by atoms with Gasteiger partial charge in [-0.3, -0.25) is 9.35 Å². The normalized spacial score (nSPS) is 11.7. The Labute approximate surface area is 222 Å². The molecule has 0 aromatic heterocycles. The van der Waals surface area contributed by atoms with Gasteiger partial charge in [-0.15, -0.1) is 5.11 Å². The van der Waals surface area contributed by atoms with Crippen LogP contribution >= 0.6 is 23.2 Å². The first-order valence-electron chi connectivity index (χ1n) is 10.6. The lowest BCUT2D eigenvalue weighted by atomic mass is 10.0. The highest BCUT2D eigenvalue weighted by molar-refractivity contribution is 7.85. The highest BCUT2D eigenvalue weighted by Crippen LogP contribution is 2.40. The second-order valence-electron chi connectivity index (χ2n) is 7.87. The summed E-state index contributed by atoms with van der Waals surface area (Å²) < 4.78 is 38.0. The van der Waals surface area contributed by atoms with Gasteiger partial charge in [-0.05, 0) is 48.2 Å². The number of fused-ring (bicyclic) bond motifs is 1. The summed E-state index contributed by atoms with van der Waals surface area (Å²) in [6.07, 6.45) is 0. The minimum Gasteiger partial charge on any atom is -0.505 e. The van der Waals surface area contributed by atoms with Crippen molar-refractivity contribution in [3.8, 4) is 11.5 Å². The van der Waals surface area contributed by atoms with Gasteiger partial charge in [-0.1, -0.05) is 47.5 Å². The number of ether oxygens (including phenoxy) is 1. The lowest BCUT2D eigenvalue weighted by molar-refractivity contribution is 0.102. The van der Waals surface area contributed by atoms with Gasteiger partial charge in [0.25, 0.3) is 16.0 Å². The summed E-state index contributed by atoms with van der Waals surface area (Å²) in [6, 6.07) is 15.5. The number of benzene rings is 4. The predicted molar refractivity (Wildman–Crippen MR) is 142 cm³/mol. The molecule has 4 rings (SSSR count). The van der Waals surface area contributed by atoms with Crippen LogP contribution in [0.1, 0.15) is 15.9 Å². The number of amides is 1. The van der Waals surface area contributed by atoms with E-state index < -0.39 is 26.7 Å². The molecule has 0 unspecified atom stereocenters. The van der Waals surface area contributed by atoms with E-state index in [9.17, 15) is 22.9 Å². The minimum atomic E-state index is -4.57. The Hall–Kier alpha value is -3.70. The third-order valence-corrected chi connectivity index (χ3v) is 7.17. The van der Waals surface area contributed by atoms with Crippen LogP contribution in [0.25, 0.3) is 10.8 Å². The quantitative estimate of drug-likeness (QED) is 0.170. The lowest BCUT2D eigenvalue weighted by Crippen LogP contribution is -2.12. The maximum Gasteiger partial charge on any atom is 0.294 e. The van der Waals surface area contributed by atoms with E-state index in [1.54, 1.807) is 36.4 Å². The summed E-state index contributed by atoms with van der Waals surface area (Å²) in [5, 5.41) is 23.1. The van der Waals surface area contributed by atoms with Crippen molar-refractivity contribution in [3.63, 3.8) is 0 Å². The van der Waals surface area contributed by atoms with Crippen molar-refractivity contribution < 1.29 is 27.6 Å². The Morgan fingerprint density at radius 1 is 1.00 bits per heavy atom. The number of carbonyl (C=O) groups excluding carboxylic acids is 1. The number of carbonyl (C=O) groups is 1. The summed E-state index contributed by atoms with van der Waals surface area (Å²) in [4.78, 5) is 12.7. The summed E-state index contributed by atoms with van der Waals surface area (Å²) >= 11 is 12.3. The van der Waals surface area contributed by atoms with Crippen LogP contribution in [-0.4, -0.2) is 31.1 Å². The van der Waals surface area contributed by atoms with Crippen molar-refractivity contribution in [1.29, 1.82) is 0 Å². The summed E-state index contributed by atoms with van der Waals surface area (Å²) in [5.41, 5.74) is 0.323. The molecule has 0 aliphatic rings. The predicted octanol–water partition coefficient (Wildman–Crippen LogP) is 7.08. The summed E-state index contributed by atoms with van der Waals surface area (Å²) in [6.45, 7) is 1.43. The molecule has 0 fully saturated rings. The third kappa shape index (κ3) is 5.52. The second kappa shape index (κ2) is 10.3. The SMILES string of the molecule is COc1ccc(NC(=O)c2cc3ccccc3c(N=Nc3cc(Cl)c(C)c(S(=O)(=O)O)c3)c2O)c(Cl)c1. The topological polar surface area (TPSA) is 138 Å². The average molecular weight is 560 g/mol. The van der Waals surface area contributed by atoms with Crippen LogP contribution in [0.2, 0.25) is 10.0 Å². The number of rotatable bonds is 6. The van der Waals surface area contributed by atoms with Crippen LogP contribution in [0.4, 0.5) is 17.1 Å². The van der Waals surface area contributed by atoms with E-state index >= 15 is 0 Å². The van der Waals surface area contributed by atoms with Gasteiger partial charge in [-0.25, -0.2) is 0 Å². The van der Waals surface area contributed by atoms with Gasteiger partial charge in [0.05, 0.1) is 29.1 Å². The van der Waals surface area contributed by atoms with Crippen LogP contribution in [0.5, 0.6) is 11.5 Å². The molecule has 3 N–H and O–H groups in total. The number of phenols is 1. The molecule has 0 radical (unpaired) electrons. The Kier molecular flexibility index (Phi) is 7.37. The van der Waals surface area contributed by atoms with Crippen LogP contribution in [0.15, 0.2) is 75.8 Å². The number of nitrogens with one attached hydrogen (secondary N) is 1. The molecule has 4 aromatic rings. The molecule has 190 valence electrons. The van der Waals surface area contributed by atoms with E-state index in [1.807, 2.05) is 0 Å². The molecule has 12 heteroatoms. The van der Waals surface area contributed by atoms with Crippen LogP contribution in [0.3, 0.4) is 0 Å². The number of methoxy groups -OCH3 is 1. The number of halogens is 2. The summed E-state index contributed by atoms with van der Waals surface area (Å²) in [5.74, 6) is -0.607. The van der Waals surface area contributed by atoms with Gasteiger partial charge < -0.3 is 15.2 Å². The molecule has 0 spiro atoms. The Bertz CT molecular complexity index is 1690. The van der Waals surface area contributed by atoms with E-state index in [0.29, 0.717) is 22.2 Å². The first-order chi connectivity index (χ1) is 17.5. The summed E-state index contributed by atoms with van der Waals surface area (Å²) in [7, 11) is -3.08. The zero-order valence-corrected chi connectivity index (χ0v) is 21.7. The van der Waals surface area contributed by atoms with Crippen LogP contribution in [-0.2, 0) is 10.1 Å². The van der Waals surface area contributed by atoms with E-state index in [-0.39, 0.29) is 32.5 Å². The first-order valence-corrected chi connectivity index (χ1v) is 12.8. The number of hydrogen-bond acceptors (Lipinski definition) is 7. The van der Waals surface area contributed by atoms with Gasteiger partial charge in [0.2, 0.25) is 0 Å². The molecule has 0 aliphatic carbocycles. The lowest BCUT2D eigenvalue weighted by Gasteiger charge is -2.12. The maximum absolute atomic E-state index is 13.1. The van der Waals surface area contributed by atoms with Crippen molar-refractivity contribution in [1.82, 2.24) is 0 Å². The highest BCUT2D eigenvalue weighted by Gasteiger charge is 2.20. The van der Waals surface area contributed by atoms with Gasteiger partial charge in [0, 0.05) is 16.5 Å². The molecule has 9 nitrogen and oxygen atoms in total. The Morgan fingerprint density at radius 3 is 2.41 bits per heavy atom. The number of hydrogen-bond donors (Lipinski definition) is 3. The smallest absolute Gasteiger partial charge is 0.294 e. The molecule has 0 atom stereocenters.